The first-order valence-corrected chi connectivity index (χ1v) is 10.5. The number of fused-ring (bicyclic) bond motifs is 1. The highest BCUT2D eigenvalue weighted by Gasteiger charge is 2.22. The zero-order valence-corrected chi connectivity index (χ0v) is 17.2. The lowest BCUT2D eigenvalue weighted by Crippen LogP contribution is -2.35. The van der Waals surface area contributed by atoms with Crippen LogP contribution in [-0.4, -0.2) is 26.7 Å². The molecular weight excluding hydrogens is 362 g/mol. The van der Waals surface area contributed by atoms with E-state index in [1.165, 1.54) is 25.7 Å². The molecule has 152 valence electrons. The number of aromatic nitrogens is 3. The highest BCUT2D eigenvalue weighted by atomic mass is 16.1. The third-order valence-corrected chi connectivity index (χ3v) is 5.77. The van der Waals surface area contributed by atoms with Crippen molar-refractivity contribution in [2.24, 2.45) is 7.05 Å². The maximum absolute atomic E-state index is 13.2. The predicted octanol–water partition coefficient (Wildman–Crippen LogP) is 4.34. The van der Waals surface area contributed by atoms with Gasteiger partial charge in [0.1, 0.15) is 0 Å². The average molecular weight is 392 g/mol. The Labute approximate surface area is 171 Å². The minimum Gasteiger partial charge on any atom is -0.380 e. The van der Waals surface area contributed by atoms with Gasteiger partial charge in [-0.2, -0.15) is 5.10 Å². The van der Waals surface area contributed by atoms with E-state index in [1.807, 2.05) is 32.2 Å². The number of anilines is 1. The minimum absolute atomic E-state index is 0.0508. The zero-order valence-electron chi connectivity index (χ0n) is 17.2. The Morgan fingerprint density at radius 3 is 2.59 bits per heavy atom. The lowest BCUT2D eigenvalue weighted by atomic mass is 10.1. The summed E-state index contributed by atoms with van der Waals surface area (Å²) in [4.78, 5) is 17.8. The van der Waals surface area contributed by atoms with Crippen LogP contribution in [0.25, 0.3) is 11.0 Å². The zero-order chi connectivity index (χ0) is 20.2. The first-order valence-electron chi connectivity index (χ1n) is 10.5. The molecule has 1 saturated carbocycles. The van der Waals surface area contributed by atoms with E-state index in [0.29, 0.717) is 12.1 Å². The summed E-state index contributed by atoms with van der Waals surface area (Å²) in [5.41, 5.74) is 4.22. The van der Waals surface area contributed by atoms with Crippen LogP contribution < -0.4 is 10.6 Å². The molecule has 1 amide bonds. The Bertz CT molecular complexity index is 987. The molecule has 2 heterocycles. The number of hydrogen-bond acceptors (Lipinski definition) is 4. The van der Waals surface area contributed by atoms with Crippen LogP contribution in [0.1, 0.15) is 60.1 Å². The van der Waals surface area contributed by atoms with Crippen LogP contribution in [0.2, 0.25) is 0 Å². The molecule has 0 radical (unpaired) electrons. The van der Waals surface area contributed by atoms with Crippen LogP contribution in [0.15, 0.2) is 36.5 Å². The third kappa shape index (κ3) is 4.26. The van der Waals surface area contributed by atoms with Crippen molar-refractivity contribution >= 4 is 22.6 Å². The molecule has 0 aliphatic heterocycles. The lowest BCUT2D eigenvalue weighted by molar-refractivity contribution is 0.0934. The molecule has 0 unspecified atom stereocenters. The van der Waals surface area contributed by atoms with Crippen molar-refractivity contribution in [3.63, 3.8) is 0 Å². The average Bonchev–Trinajstić information content (AvgIpc) is 2.89. The van der Waals surface area contributed by atoms with Gasteiger partial charge in [0, 0.05) is 25.8 Å². The summed E-state index contributed by atoms with van der Waals surface area (Å²) < 4.78 is 1.77. The van der Waals surface area contributed by atoms with Gasteiger partial charge in [0.15, 0.2) is 5.65 Å². The molecule has 0 atom stereocenters. The second-order valence-electron chi connectivity index (χ2n) is 7.96. The van der Waals surface area contributed by atoms with Crippen LogP contribution in [0.3, 0.4) is 0 Å². The molecule has 2 aromatic heterocycles. The highest BCUT2D eigenvalue weighted by Crippen LogP contribution is 2.29. The number of nitrogens with zero attached hydrogens (tertiary/aromatic N) is 3. The van der Waals surface area contributed by atoms with E-state index < -0.39 is 0 Å². The van der Waals surface area contributed by atoms with Crippen LogP contribution in [-0.2, 0) is 13.6 Å². The number of benzene rings is 1. The molecule has 6 heteroatoms. The van der Waals surface area contributed by atoms with Gasteiger partial charge < -0.3 is 10.6 Å². The van der Waals surface area contributed by atoms with Crippen molar-refractivity contribution in [1.82, 2.24) is 20.1 Å². The monoisotopic (exact) mass is 391 g/mol. The minimum atomic E-state index is -0.0508. The summed E-state index contributed by atoms with van der Waals surface area (Å²) in [6.07, 6.45) is 8.69. The van der Waals surface area contributed by atoms with Crippen LogP contribution in [0, 0.1) is 6.92 Å². The summed E-state index contributed by atoms with van der Waals surface area (Å²) in [5, 5.41) is 12.2. The van der Waals surface area contributed by atoms with Gasteiger partial charge in [-0.1, -0.05) is 56.0 Å². The fourth-order valence-corrected chi connectivity index (χ4v) is 4.24. The molecule has 6 nitrogen and oxygen atoms in total. The molecular formula is C23H29N5O. The molecule has 0 saturated heterocycles. The Morgan fingerprint density at radius 1 is 1.14 bits per heavy atom. The molecule has 2 N–H and O–H groups in total. The second-order valence-corrected chi connectivity index (χ2v) is 7.96. The van der Waals surface area contributed by atoms with Gasteiger partial charge in [-0.25, -0.2) is 4.98 Å². The molecule has 3 aromatic rings. The molecule has 1 aliphatic rings. The van der Waals surface area contributed by atoms with Crippen molar-refractivity contribution in [2.75, 3.05) is 5.32 Å². The topological polar surface area (TPSA) is 71.8 Å². The van der Waals surface area contributed by atoms with Crippen LogP contribution >= 0.6 is 0 Å². The number of rotatable bonds is 5. The summed E-state index contributed by atoms with van der Waals surface area (Å²) in [6.45, 7) is 2.60. The molecule has 4 rings (SSSR count). The van der Waals surface area contributed by atoms with Gasteiger partial charge in [-0.3, -0.25) is 9.48 Å². The van der Waals surface area contributed by atoms with E-state index in [9.17, 15) is 4.79 Å². The predicted molar refractivity (Wildman–Crippen MR) is 116 cm³/mol. The van der Waals surface area contributed by atoms with Crippen molar-refractivity contribution in [2.45, 2.75) is 58.0 Å². The molecule has 1 fully saturated rings. The Morgan fingerprint density at radius 2 is 1.86 bits per heavy atom. The van der Waals surface area contributed by atoms with E-state index in [2.05, 4.69) is 32.8 Å². The standard InChI is InChI=1S/C23H29N5O/c1-16-20-21(24-14-17-10-6-5-7-11-17)19(15-25-22(20)28(2)27-16)23(29)26-18-12-8-3-4-9-13-18/h5-7,10-11,15,18H,3-4,8-9,12-14H2,1-2H3,(H,24,25)(H,26,29). The van der Waals surface area contributed by atoms with E-state index in [0.717, 1.165) is 40.8 Å². The number of nitrogens with one attached hydrogen (secondary N) is 2. The summed E-state index contributed by atoms with van der Waals surface area (Å²) in [5.74, 6) is -0.0508. The largest absolute Gasteiger partial charge is 0.380 e. The normalized spacial score (nSPS) is 15.2. The first-order chi connectivity index (χ1) is 14.1. The number of aryl methyl sites for hydroxylation is 2. The first kappa shape index (κ1) is 19.4. The van der Waals surface area contributed by atoms with Gasteiger partial charge in [-0.05, 0) is 25.3 Å². The maximum atomic E-state index is 13.2. The Kier molecular flexibility index (Phi) is 5.79. The summed E-state index contributed by atoms with van der Waals surface area (Å²) in [6, 6.07) is 10.4. The molecule has 0 spiro atoms. The Hall–Kier alpha value is -2.89. The summed E-state index contributed by atoms with van der Waals surface area (Å²) >= 11 is 0. The van der Waals surface area contributed by atoms with E-state index in [1.54, 1.807) is 10.9 Å². The number of carbonyl (C=O) groups excluding carboxylic acids is 1. The third-order valence-electron chi connectivity index (χ3n) is 5.77. The van der Waals surface area contributed by atoms with Gasteiger partial charge in [0.05, 0.1) is 22.3 Å². The van der Waals surface area contributed by atoms with Crippen LogP contribution in [0.5, 0.6) is 0 Å². The number of amides is 1. The number of hydrogen-bond donors (Lipinski definition) is 2. The molecule has 29 heavy (non-hydrogen) atoms. The van der Waals surface area contributed by atoms with Gasteiger partial charge >= 0.3 is 0 Å². The maximum Gasteiger partial charge on any atom is 0.255 e. The van der Waals surface area contributed by atoms with Crippen molar-refractivity contribution in [3.8, 4) is 0 Å². The van der Waals surface area contributed by atoms with E-state index in [-0.39, 0.29) is 11.9 Å². The van der Waals surface area contributed by atoms with Gasteiger partial charge in [0.25, 0.3) is 5.91 Å². The fourth-order valence-electron chi connectivity index (χ4n) is 4.24. The smallest absolute Gasteiger partial charge is 0.255 e. The highest BCUT2D eigenvalue weighted by molar-refractivity contribution is 6.07. The second kappa shape index (κ2) is 8.64. The fraction of sp³-hybridized carbons (Fsp3) is 0.435. The molecule has 0 bridgehead atoms. The van der Waals surface area contributed by atoms with Crippen molar-refractivity contribution in [1.29, 1.82) is 0 Å². The molecule has 1 aromatic carbocycles. The van der Waals surface area contributed by atoms with E-state index >= 15 is 0 Å². The van der Waals surface area contributed by atoms with Gasteiger partial charge in [-0.15, -0.1) is 0 Å². The van der Waals surface area contributed by atoms with Crippen molar-refractivity contribution in [3.05, 3.63) is 53.3 Å². The summed E-state index contributed by atoms with van der Waals surface area (Å²) in [7, 11) is 1.88. The number of pyridine rings is 1. The number of carbonyl (C=O) groups is 1. The molecule has 1 aliphatic carbocycles. The SMILES string of the molecule is Cc1nn(C)c2ncc(C(=O)NC3CCCCCC3)c(NCc3ccccc3)c12. The van der Waals surface area contributed by atoms with Crippen LogP contribution in [0.4, 0.5) is 5.69 Å². The van der Waals surface area contributed by atoms with E-state index in [4.69, 9.17) is 0 Å². The lowest BCUT2D eigenvalue weighted by Gasteiger charge is -2.18. The van der Waals surface area contributed by atoms with Gasteiger partial charge in [0.2, 0.25) is 0 Å². The quantitative estimate of drug-likeness (QED) is 0.635. The Balaban J connectivity index is 1.66. The van der Waals surface area contributed by atoms with Crippen molar-refractivity contribution < 1.29 is 4.79 Å².